The molecule has 0 saturated carbocycles. The zero-order valence-electron chi connectivity index (χ0n) is 10.9. The number of hydrogen-bond acceptors (Lipinski definition) is 1. The molecule has 19 heavy (non-hydrogen) atoms. The lowest BCUT2D eigenvalue weighted by molar-refractivity contribution is -0.121. The molecule has 1 amide bonds. The van der Waals surface area contributed by atoms with Crippen LogP contribution in [0.1, 0.15) is 23.2 Å². The number of aromatic nitrogens is 1. The van der Waals surface area contributed by atoms with Gasteiger partial charge in [0.25, 0.3) is 0 Å². The number of aromatic amines is 1. The summed E-state index contributed by atoms with van der Waals surface area (Å²) in [5, 5.41) is 4.34. The van der Waals surface area contributed by atoms with Gasteiger partial charge in [-0.15, -0.1) is 11.6 Å². The van der Waals surface area contributed by atoms with Gasteiger partial charge in [-0.25, -0.2) is 0 Å². The van der Waals surface area contributed by atoms with Crippen molar-refractivity contribution in [3.05, 3.63) is 35.0 Å². The van der Waals surface area contributed by atoms with E-state index in [1.807, 2.05) is 0 Å². The SMILES string of the molecule is Cc1ccc2[nH]c3c(c2c1)CC(NC(=O)CCCl)C3. The minimum atomic E-state index is 0.0469. The Balaban J connectivity index is 1.81. The Morgan fingerprint density at radius 2 is 2.32 bits per heavy atom. The topological polar surface area (TPSA) is 44.9 Å². The molecule has 0 aliphatic heterocycles. The van der Waals surface area contributed by atoms with E-state index in [1.165, 1.54) is 27.7 Å². The molecule has 1 aliphatic rings. The smallest absolute Gasteiger partial charge is 0.221 e. The predicted molar refractivity (Wildman–Crippen MR) is 77.7 cm³/mol. The molecule has 3 nitrogen and oxygen atoms in total. The summed E-state index contributed by atoms with van der Waals surface area (Å²) in [5.41, 5.74) is 5.08. The number of alkyl halides is 1. The number of H-pyrrole nitrogens is 1. The zero-order valence-corrected chi connectivity index (χ0v) is 11.7. The van der Waals surface area contributed by atoms with Crippen molar-refractivity contribution < 1.29 is 4.79 Å². The fraction of sp³-hybridized carbons (Fsp3) is 0.400. The summed E-state index contributed by atoms with van der Waals surface area (Å²) in [4.78, 5) is 15.0. The number of rotatable bonds is 3. The van der Waals surface area contributed by atoms with E-state index < -0.39 is 0 Å². The van der Waals surface area contributed by atoms with Crippen LogP contribution in [0, 0.1) is 6.92 Å². The molecule has 0 fully saturated rings. The van der Waals surface area contributed by atoms with Crippen LogP contribution < -0.4 is 5.32 Å². The lowest BCUT2D eigenvalue weighted by Crippen LogP contribution is -2.35. The summed E-state index contributed by atoms with van der Waals surface area (Å²) in [7, 11) is 0. The first-order valence-electron chi connectivity index (χ1n) is 6.63. The molecule has 3 rings (SSSR count). The van der Waals surface area contributed by atoms with Gasteiger partial charge in [0.05, 0.1) is 0 Å². The van der Waals surface area contributed by atoms with Crippen molar-refractivity contribution in [2.24, 2.45) is 0 Å². The first-order chi connectivity index (χ1) is 9.17. The zero-order chi connectivity index (χ0) is 13.4. The third-order valence-corrected chi connectivity index (χ3v) is 3.93. The number of halogens is 1. The van der Waals surface area contributed by atoms with Gasteiger partial charge in [0.2, 0.25) is 5.91 Å². The third kappa shape index (κ3) is 2.35. The van der Waals surface area contributed by atoms with Gasteiger partial charge in [-0.1, -0.05) is 11.6 Å². The molecule has 0 radical (unpaired) electrons. The Hall–Kier alpha value is -1.48. The average Bonchev–Trinajstić information content (AvgIpc) is 2.87. The molecule has 1 aromatic heterocycles. The second kappa shape index (κ2) is 4.89. The first kappa shape index (κ1) is 12.5. The van der Waals surface area contributed by atoms with Crippen molar-refractivity contribution in [1.82, 2.24) is 10.3 Å². The second-order valence-corrected chi connectivity index (χ2v) is 5.62. The monoisotopic (exact) mass is 276 g/mol. The third-order valence-electron chi connectivity index (χ3n) is 3.74. The maximum absolute atomic E-state index is 11.6. The van der Waals surface area contributed by atoms with Crippen molar-refractivity contribution in [2.45, 2.75) is 32.2 Å². The number of nitrogens with one attached hydrogen (secondary N) is 2. The molecule has 2 N–H and O–H groups in total. The summed E-state index contributed by atoms with van der Waals surface area (Å²) in [5.74, 6) is 0.428. The van der Waals surface area contributed by atoms with Crippen LogP contribution >= 0.6 is 11.6 Å². The number of benzene rings is 1. The Labute approximate surface area is 117 Å². The number of carbonyl (C=O) groups excluding carboxylic acids is 1. The minimum Gasteiger partial charge on any atom is -0.358 e. The molecule has 100 valence electrons. The normalized spacial score (nSPS) is 17.7. The molecule has 0 spiro atoms. The number of amides is 1. The highest BCUT2D eigenvalue weighted by Gasteiger charge is 2.26. The van der Waals surface area contributed by atoms with Gasteiger partial charge in [0.15, 0.2) is 0 Å². The molecular weight excluding hydrogens is 260 g/mol. The maximum atomic E-state index is 11.6. The molecule has 4 heteroatoms. The number of hydrogen-bond donors (Lipinski definition) is 2. The first-order valence-corrected chi connectivity index (χ1v) is 7.16. The van der Waals surface area contributed by atoms with E-state index in [0.29, 0.717) is 12.3 Å². The van der Waals surface area contributed by atoms with Gasteiger partial charge >= 0.3 is 0 Å². The molecule has 2 aromatic rings. The molecule has 0 saturated heterocycles. The Morgan fingerprint density at radius 1 is 1.47 bits per heavy atom. The lowest BCUT2D eigenvalue weighted by atomic mass is 10.1. The van der Waals surface area contributed by atoms with Gasteiger partial charge in [0, 0.05) is 41.4 Å². The van der Waals surface area contributed by atoms with Crippen LogP contribution in [0.4, 0.5) is 0 Å². The summed E-state index contributed by atoms with van der Waals surface area (Å²) in [6, 6.07) is 6.67. The van der Waals surface area contributed by atoms with E-state index in [9.17, 15) is 4.79 Å². The van der Waals surface area contributed by atoms with Crippen LogP contribution in [0.2, 0.25) is 0 Å². The summed E-state index contributed by atoms with van der Waals surface area (Å²) in [6.07, 6.45) is 2.19. The summed E-state index contributed by atoms with van der Waals surface area (Å²) < 4.78 is 0. The van der Waals surface area contributed by atoms with E-state index >= 15 is 0 Å². The Morgan fingerprint density at radius 3 is 3.11 bits per heavy atom. The molecule has 1 unspecified atom stereocenters. The second-order valence-electron chi connectivity index (χ2n) is 5.24. The molecule has 1 heterocycles. The number of fused-ring (bicyclic) bond motifs is 3. The average molecular weight is 277 g/mol. The highest BCUT2D eigenvalue weighted by molar-refractivity contribution is 6.18. The van der Waals surface area contributed by atoms with Gasteiger partial charge in [-0.2, -0.15) is 0 Å². The van der Waals surface area contributed by atoms with Crippen molar-refractivity contribution >= 4 is 28.4 Å². The van der Waals surface area contributed by atoms with Crippen molar-refractivity contribution in [1.29, 1.82) is 0 Å². The van der Waals surface area contributed by atoms with Crippen LogP contribution in [-0.2, 0) is 17.6 Å². The summed E-state index contributed by atoms with van der Waals surface area (Å²) in [6.45, 7) is 2.10. The van der Waals surface area contributed by atoms with E-state index in [4.69, 9.17) is 11.6 Å². The fourth-order valence-electron chi connectivity index (χ4n) is 2.88. The number of carbonyl (C=O) groups is 1. The molecule has 1 atom stereocenters. The van der Waals surface area contributed by atoms with Crippen LogP contribution in [-0.4, -0.2) is 22.8 Å². The van der Waals surface area contributed by atoms with Crippen LogP contribution in [0.5, 0.6) is 0 Å². The van der Waals surface area contributed by atoms with Gasteiger partial charge in [0.1, 0.15) is 0 Å². The molecule has 1 aromatic carbocycles. The standard InChI is InChI=1S/C15H17ClN2O/c1-9-2-3-13-11(6-9)12-7-10(8-14(12)18-13)17-15(19)4-5-16/h2-3,6,10,18H,4-5,7-8H2,1H3,(H,17,19). The van der Waals surface area contributed by atoms with Crippen molar-refractivity contribution in [3.8, 4) is 0 Å². The Kier molecular flexibility index (Phi) is 3.23. The highest BCUT2D eigenvalue weighted by Crippen LogP contribution is 2.30. The van der Waals surface area contributed by atoms with E-state index in [-0.39, 0.29) is 11.9 Å². The van der Waals surface area contributed by atoms with E-state index in [0.717, 1.165) is 12.8 Å². The fourth-order valence-corrected chi connectivity index (χ4v) is 3.05. The van der Waals surface area contributed by atoms with Gasteiger partial charge in [-0.05, 0) is 31.0 Å². The van der Waals surface area contributed by atoms with Crippen LogP contribution in [0.3, 0.4) is 0 Å². The van der Waals surface area contributed by atoms with E-state index in [2.05, 4.69) is 35.4 Å². The van der Waals surface area contributed by atoms with Gasteiger partial charge in [-0.3, -0.25) is 4.79 Å². The van der Waals surface area contributed by atoms with Crippen molar-refractivity contribution in [3.63, 3.8) is 0 Å². The lowest BCUT2D eigenvalue weighted by Gasteiger charge is -2.11. The predicted octanol–water partition coefficient (Wildman–Crippen LogP) is 2.69. The largest absolute Gasteiger partial charge is 0.358 e. The van der Waals surface area contributed by atoms with Gasteiger partial charge < -0.3 is 10.3 Å². The summed E-state index contributed by atoms with van der Waals surface area (Å²) >= 11 is 5.58. The quantitative estimate of drug-likeness (QED) is 0.832. The molecule has 1 aliphatic carbocycles. The number of aryl methyl sites for hydroxylation is 1. The minimum absolute atomic E-state index is 0.0469. The molecule has 0 bridgehead atoms. The van der Waals surface area contributed by atoms with Crippen LogP contribution in [0.25, 0.3) is 10.9 Å². The van der Waals surface area contributed by atoms with Crippen molar-refractivity contribution in [2.75, 3.05) is 5.88 Å². The molecular formula is C15H17ClN2O. The van der Waals surface area contributed by atoms with E-state index in [1.54, 1.807) is 0 Å². The maximum Gasteiger partial charge on any atom is 0.221 e. The highest BCUT2D eigenvalue weighted by atomic mass is 35.5. The Bertz CT molecular complexity index is 632. The van der Waals surface area contributed by atoms with Crippen LogP contribution in [0.15, 0.2) is 18.2 Å².